The first-order valence-electron chi connectivity index (χ1n) is 5.05. The van der Waals surface area contributed by atoms with Crippen LogP contribution in [0.15, 0.2) is 18.3 Å². The second kappa shape index (κ2) is 4.09. The minimum absolute atomic E-state index is 0.214. The van der Waals surface area contributed by atoms with Crippen molar-refractivity contribution >= 4 is 0 Å². The molecule has 2 nitrogen and oxygen atoms in total. The van der Waals surface area contributed by atoms with E-state index < -0.39 is 0 Å². The van der Waals surface area contributed by atoms with Gasteiger partial charge in [0, 0.05) is 17.9 Å². The van der Waals surface area contributed by atoms with E-state index in [-0.39, 0.29) is 5.41 Å². The highest BCUT2D eigenvalue weighted by atomic mass is 14.9. The first-order valence-corrected chi connectivity index (χ1v) is 5.05. The Hall–Kier alpha value is -0.890. The molecule has 0 unspecified atom stereocenters. The summed E-state index contributed by atoms with van der Waals surface area (Å²) >= 11 is 0. The fraction of sp³-hybridized carbons (Fsp3) is 0.583. The van der Waals surface area contributed by atoms with Crippen molar-refractivity contribution in [2.45, 2.75) is 33.7 Å². The maximum absolute atomic E-state index is 4.32. The molecule has 0 radical (unpaired) electrons. The third kappa shape index (κ3) is 2.55. The van der Waals surface area contributed by atoms with Gasteiger partial charge >= 0.3 is 0 Å². The molecule has 0 aromatic carbocycles. The highest BCUT2D eigenvalue weighted by molar-refractivity contribution is 5.18. The minimum Gasteiger partial charge on any atom is -0.313 e. The van der Waals surface area contributed by atoms with Gasteiger partial charge in [-0.05, 0) is 31.0 Å². The number of nitrogens with zero attached hydrogens (tertiary/aromatic N) is 1. The van der Waals surface area contributed by atoms with E-state index in [4.69, 9.17) is 0 Å². The number of nitrogens with one attached hydrogen (secondary N) is 1. The van der Waals surface area contributed by atoms with Gasteiger partial charge in [-0.2, -0.15) is 0 Å². The first kappa shape index (κ1) is 11.2. The predicted molar refractivity (Wildman–Crippen MR) is 60.2 cm³/mol. The summed E-state index contributed by atoms with van der Waals surface area (Å²) in [5.41, 5.74) is 2.54. The van der Waals surface area contributed by atoms with Crippen molar-refractivity contribution in [1.82, 2.24) is 10.3 Å². The zero-order valence-corrected chi connectivity index (χ0v) is 9.76. The maximum Gasteiger partial charge on any atom is 0.0382 e. The smallest absolute Gasteiger partial charge is 0.0382 e. The van der Waals surface area contributed by atoms with Crippen LogP contribution in [0.2, 0.25) is 0 Å². The predicted octanol–water partition coefficient (Wildman–Crippen LogP) is 2.70. The lowest BCUT2D eigenvalue weighted by Gasteiger charge is -2.30. The van der Waals surface area contributed by atoms with Crippen LogP contribution in [0, 0.1) is 12.3 Å². The molecule has 0 aliphatic rings. The highest BCUT2D eigenvalue weighted by Crippen LogP contribution is 2.31. The third-order valence-electron chi connectivity index (χ3n) is 2.42. The molecule has 0 bridgehead atoms. The Morgan fingerprint density at radius 3 is 2.29 bits per heavy atom. The molecular formula is C12H20N2. The van der Waals surface area contributed by atoms with Crippen LogP contribution < -0.4 is 5.32 Å². The lowest BCUT2D eigenvalue weighted by molar-refractivity contribution is 0.286. The molecule has 1 aromatic rings. The number of rotatable bonds is 2. The number of hydrogen-bond acceptors (Lipinski definition) is 2. The molecule has 14 heavy (non-hydrogen) atoms. The monoisotopic (exact) mass is 192 g/mol. The maximum atomic E-state index is 4.32. The molecule has 0 fully saturated rings. The summed E-state index contributed by atoms with van der Waals surface area (Å²) in [7, 11) is 2.00. The summed E-state index contributed by atoms with van der Waals surface area (Å²) in [5, 5.41) is 3.34. The van der Waals surface area contributed by atoms with Gasteiger partial charge in [-0.15, -0.1) is 0 Å². The largest absolute Gasteiger partial charge is 0.313 e. The molecule has 0 aliphatic heterocycles. The molecule has 1 N–H and O–H groups in total. The first-order chi connectivity index (χ1) is 6.45. The highest BCUT2D eigenvalue weighted by Gasteiger charge is 2.24. The van der Waals surface area contributed by atoms with Crippen molar-refractivity contribution in [3.63, 3.8) is 0 Å². The summed E-state index contributed by atoms with van der Waals surface area (Å²) in [4.78, 5) is 4.32. The summed E-state index contributed by atoms with van der Waals surface area (Å²) in [6.45, 7) is 8.70. The second-order valence-electron chi connectivity index (χ2n) is 4.82. The number of pyridine rings is 1. The van der Waals surface area contributed by atoms with Gasteiger partial charge in [-0.25, -0.2) is 0 Å². The van der Waals surface area contributed by atoms with Crippen LogP contribution in [0.3, 0.4) is 0 Å². The summed E-state index contributed by atoms with van der Waals surface area (Å²) in [6, 6.07) is 4.57. The van der Waals surface area contributed by atoms with Crippen molar-refractivity contribution in [3.8, 4) is 0 Å². The van der Waals surface area contributed by atoms with Gasteiger partial charge in [0.1, 0.15) is 0 Å². The van der Waals surface area contributed by atoms with E-state index in [9.17, 15) is 0 Å². The fourth-order valence-corrected chi connectivity index (χ4v) is 1.75. The van der Waals surface area contributed by atoms with E-state index in [1.807, 2.05) is 20.2 Å². The summed E-state index contributed by atoms with van der Waals surface area (Å²) in [6.07, 6.45) is 1.96. The van der Waals surface area contributed by atoms with E-state index in [2.05, 4.69) is 43.2 Å². The van der Waals surface area contributed by atoms with Crippen LogP contribution in [-0.4, -0.2) is 12.0 Å². The average molecular weight is 192 g/mol. The van der Waals surface area contributed by atoms with Gasteiger partial charge in [0.25, 0.3) is 0 Å². The van der Waals surface area contributed by atoms with Crippen LogP contribution in [0.25, 0.3) is 0 Å². The van der Waals surface area contributed by atoms with Crippen LogP contribution in [0.1, 0.15) is 38.1 Å². The standard InChI is InChI=1S/C12H20N2/c1-9-6-7-10(8-14-9)11(13-5)12(2,3)4/h6-8,11,13H,1-5H3/t11-/m1/s1. The summed E-state index contributed by atoms with van der Waals surface area (Å²) < 4.78 is 0. The normalized spacial score (nSPS) is 14.1. The van der Waals surface area contributed by atoms with Gasteiger partial charge in [-0.3, -0.25) is 4.98 Å². The molecule has 0 amide bonds. The second-order valence-corrected chi connectivity index (χ2v) is 4.82. The van der Waals surface area contributed by atoms with E-state index in [1.165, 1.54) is 5.56 Å². The SMILES string of the molecule is CN[C@H](c1ccc(C)nc1)C(C)(C)C. The van der Waals surface area contributed by atoms with Crippen LogP contribution in [0.4, 0.5) is 0 Å². The average Bonchev–Trinajstić information content (AvgIpc) is 2.07. The molecule has 0 saturated carbocycles. The van der Waals surface area contributed by atoms with Crippen molar-refractivity contribution in [1.29, 1.82) is 0 Å². The molecule has 78 valence electrons. The summed E-state index contributed by atoms with van der Waals surface area (Å²) in [5.74, 6) is 0. The van der Waals surface area contributed by atoms with Crippen LogP contribution in [0.5, 0.6) is 0 Å². The van der Waals surface area contributed by atoms with Crippen molar-refractivity contribution in [3.05, 3.63) is 29.6 Å². The van der Waals surface area contributed by atoms with Gasteiger partial charge < -0.3 is 5.32 Å². The van der Waals surface area contributed by atoms with E-state index >= 15 is 0 Å². The van der Waals surface area contributed by atoms with Crippen molar-refractivity contribution in [2.24, 2.45) is 5.41 Å². The van der Waals surface area contributed by atoms with Crippen LogP contribution >= 0.6 is 0 Å². The van der Waals surface area contributed by atoms with E-state index in [0.29, 0.717) is 6.04 Å². The Bertz CT molecular complexity index is 282. The minimum atomic E-state index is 0.214. The Morgan fingerprint density at radius 2 is 1.93 bits per heavy atom. The Balaban J connectivity index is 2.96. The van der Waals surface area contributed by atoms with Crippen LogP contribution in [-0.2, 0) is 0 Å². The molecule has 0 spiro atoms. The molecule has 1 heterocycles. The van der Waals surface area contributed by atoms with Gasteiger partial charge in [0.15, 0.2) is 0 Å². The van der Waals surface area contributed by atoms with Gasteiger partial charge in [-0.1, -0.05) is 26.8 Å². The molecule has 1 rings (SSSR count). The van der Waals surface area contributed by atoms with Gasteiger partial charge in [0.2, 0.25) is 0 Å². The molecular weight excluding hydrogens is 172 g/mol. The lowest BCUT2D eigenvalue weighted by Crippen LogP contribution is -2.29. The van der Waals surface area contributed by atoms with Crippen molar-refractivity contribution < 1.29 is 0 Å². The molecule has 2 heteroatoms. The zero-order valence-electron chi connectivity index (χ0n) is 9.76. The van der Waals surface area contributed by atoms with Crippen molar-refractivity contribution in [2.75, 3.05) is 7.05 Å². The molecule has 0 aliphatic carbocycles. The lowest BCUT2D eigenvalue weighted by atomic mass is 9.83. The Morgan fingerprint density at radius 1 is 1.29 bits per heavy atom. The topological polar surface area (TPSA) is 24.9 Å². The number of hydrogen-bond donors (Lipinski definition) is 1. The third-order valence-corrected chi connectivity index (χ3v) is 2.42. The number of aromatic nitrogens is 1. The van der Waals surface area contributed by atoms with E-state index in [0.717, 1.165) is 5.69 Å². The van der Waals surface area contributed by atoms with E-state index in [1.54, 1.807) is 0 Å². The Labute approximate surface area is 86.8 Å². The zero-order chi connectivity index (χ0) is 10.8. The molecule has 1 atom stereocenters. The van der Waals surface area contributed by atoms with Gasteiger partial charge in [0.05, 0.1) is 0 Å². The molecule has 1 aromatic heterocycles. The molecule has 0 saturated heterocycles. The Kier molecular flexibility index (Phi) is 3.27. The quantitative estimate of drug-likeness (QED) is 0.779. The fourth-order valence-electron chi connectivity index (χ4n) is 1.75. The number of aryl methyl sites for hydroxylation is 1.